The van der Waals surface area contributed by atoms with E-state index in [4.69, 9.17) is 0 Å². The summed E-state index contributed by atoms with van der Waals surface area (Å²) in [6.07, 6.45) is 10.3. The largest absolute Gasteiger partial charge is 0.103 e. The van der Waals surface area contributed by atoms with Gasteiger partial charge < -0.3 is 0 Å². The van der Waals surface area contributed by atoms with Crippen LogP contribution in [0.4, 0.5) is 0 Å². The summed E-state index contributed by atoms with van der Waals surface area (Å²) in [5.74, 6) is 0.774. The SMILES string of the molecule is C=CCC1(C(C)C)CC=CC1. The fourth-order valence-electron chi connectivity index (χ4n) is 1.88. The molecule has 1 aliphatic rings. The van der Waals surface area contributed by atoms with Crippen molar-refractivity contribution in [3.63, 3.8) is 0 Å². The molecule has 62 valence electrons. The summed E-state index contributed by atoms with van der Waals surface area (Å²) in [5.41, 5.74) is 0.516. The maximum Gasteiger partial charge on any atom is -0.0171 e. The maximum absolute atomic E-state index is 3.82. The lowest BCUT2D eigenvalue weighted by Gasteiger charge is -2.32. The first kappa shape index (κ1) is 8.58. The predicted molar refractivity (Wildman–Crippen MR) is 50.5 cm³/mol. The molecule has 0 bridgehead atoms. The van der Waals surface area contributed by atoms with E-state index in [0.29, 0.717) is 5.41 Å². The quantitative estimate of drug-likeness (QED) is 0.540. The predicted octanol–water partition coefficient (Wildman–Crippen LogP) is 3.55. The Bertz CT molecular complexity index is 155. The van der Waals surface area contributed by atoms with Gasteiger partial charge in [0.1, 0.15) is 0 Å². The average Bonchev–Trinajstić information content (AvgIpc) is 2.38. The molecular weight excluding hydrogens is 132 g/mol. The van der Waals surface area contributed by atoms with Gasteiger partial charge in [-0.3, -0.25) is 0 Å². The lowest BCUT2D eigenvalue weighted by Crippen LogP contribution is -2.22. The van der Waals surface area contributed by atoms with E-state index < -0.39 is 0 Å². The van der Waals surface area contributed by atoms with Crippen molar-refractivity contribution in [2.24, 2.45) is 11.3 Å². The van der Waals surface area contributed by atoms with Crippen LogP contribution >= 0.6 is 0 Å². The zero-order chi connectivity index (χ0) is 8.32. The Kier molecular flexibility index (Phi) is 2.53. The third kappa shape index (κ3) is 1.55. The topological polar surface area (TPSA) is 0 Å². The van der Waals surface area contributed by atoms with Gasteiger partial charge in [-0.1, -0.05) is 32.1 Å². The molecule has 0 aromatic rings. The van der Waals surface area contributed by atoms with E-state index in [2.05, 4.69) is 38.7 Å². The normalized spacial score (nSPS) is 21.0. The molecule has 0 unspecified atom stereocenters. The van der Waals surface area contributed by atoms with Crippen molar-refractivity contribution in [2.75, 3.05) is 0 Å². The molecule has 11 heavy (non-hydrogen) atoms. The van der Waals surface area contributed by atoms with Gasteiger partial charge in [0.05, 0.1) is 0 Å². The minimum Gasteiger partial charge on any atom is -0.103 e. The molecule has 1 aliphatic carbocycles. The number of hydrogen-bond donors (Lipinski definition) is 0. The molecule has 0 aliphatic heterocycles. The standard InChI is InChI=1S/C11H18/c1-4-7-11(10(2)3)8-5-6-9-11/h4-6,10H,1,7-9H2,2-3H3. The molecule has 0 spiro atoms. The Morgan fingerprint density at radius 1 is 1.45 bits per heavy atom. The van der Waals surface area contributed by atoms with E-state index in [-0.39, 0.29) is 0 Å². The van der Waals surface area contributed by atoms with Crippen molar-refractivity contribution in [3.8, 4) is 0 Å². The lowest BCUT2D eigenvalue weighted by molar-refractivity contribution is 0.210. The van der Waals surface area contributed by atoms with Crippen LogP contribution in [-0.4, -0.2) is 0 Å². The molecule has 0 nitrogen and oxygen atoms in total. The second-order valence-electron chi connectivity index (χ2n) is 3.89. The molecule has 0 saturated heterocycles. The van der Waals surface area contributed by atoms with Crippen LogP contribution in [0.1, 0.15) is 33.1 Å². The second kappa shape index (κ2) is 3.25. The maximum atomic E-state index is 3.82. The fourth-order valence-corrected chi connectivity index (χ4v) is 1.88. The summed E-state index contributed by atoms with van der Waals surface area (Å²) < 4.78 is 0. The van der Waals surface area contributed by atoms with E-state index in [1.807, 2.05) is 0 Å². The molecule has 0 fully saturated rings. The van der Waals surface area contributed by atoms with Crippen molar-refractivity contribution < 1.29 is 0 Å². The Balaban J connectivity index is 2.64. The first-order chi connectivity index (χ1) is 5.21. The van der Waals surface area contributed by atoms with Gasteiger partial charge in [-0.2, -0.15) is 0 Å². The van der Waals surface area contributed by atoms with Crippen LogP contribution in [0.5, 0.6) is 0 Å². The number of allylic oxidation sites excluding steroid dienone is 3. The Hall–Kier alpha value is -0.520. The smallest absolute Gasteiger partial charge is 0.0171 e. The Morgan fingerprint density at radius 3 is 2.36 bits per heavy atom. The third-order valence-electron chi connectivity index (χ3n) is 2.99. The van der Waals surface area contributed by atoms with Crippen LogP contribution in [-0.2, 0) is 0 Å². The zero-order valence-corrected chi connectivity index (χ0v) is 7.64. The van der Waals surface area contributed by atoms with Gasteiger partial charge in [0, 0.05) is 0 Å². The van der Waals surface area contributed by atoms with Crippen LogP contribution in [0.2, 0.25) is 0 Å². The highest BCUT2D eigenvalue weighted by Gasteiger charge is 2.32. The minimum atomic E-state index is 0.516. The average molecular weight is 150 g/mol. The first-order valence-corrected chi connectivity index (χ1v) is 4.47. The highest BCUT2D eigenvalue weighted by atomic mass is 14.4. The van der Waals surface area contributed by atoms with E-state index in [1.54, 1.807) is 0 Å². The molecule has 0 aromatic heterocycles. The molecule has 0 N–H and O–H groups in total. The van der Waals surface area contributed by atoms with E-state index >= 15 is 0 Å². The van der Waals surface area contributed by atoms with Crippen molar-refractivity contribution in [1.82, 2.24) is 0 Å². The molecule has 0 aromatic carbocycles. The number of hydrogen-bond acceptors (Lipinski definition) is 0. The number of rotatable bonds is 3. The molecule has 1 rings (SSSR count). The van der Waals surface area contributed by atoms with Crippen LogP contribution in [0, 0.1) is 11.3 Å². The molecule has 0 radical (unpaired) electrons. The van der Waals surface area contributed by atoms with Crippen molar-refractivity contribution in [2.45, 2.75) is 33.1 Å². The third-order valence-corrected chi connectivity index (χ3v) is 2.99. The molecular formula is C11H18. The van der Waals surface area contributed by atoms with Crippen LogP contribution < -0.4 is 0 Å². The highest BCUT2D eigenvalue weighted by molar-refractivity contribution is 5.06. The van der Waals surface area contributed by atoms with Gasteiger partial charge in [-0.05, 0) is 30.6 Å². The molecule has 0 atom stereocenters. The van der Waals surface area contributed by atoms with Crippen LogP contribution in [0.3, 0.4) is 0 Å². The summed E-state index contributed by atoms with van der Waals surface area (Å²) >= 11 is 0. The molecule has 0 saturated carbocycles. The molecule has 0 heterocycles. The van der Waals surface area contributed by atoms with E-state index in [0.717, 1.165) is 12.3 Å². The van der Waals surface area contributed by atoms with Gasteiger partial charge in [0.15, 0.2) is 0 Å². The molecule has 0 heteroatoms. The van der Waals surface area contributed by atoms with Crippen molar-refractivity contribution in [1.29, 1.82) is 0 Å². The second-order valence-corrected chi connectivity index (χ2v) is 3.89. The zero-order valence-electron chi connectivity index (χ0n) is 7.64. The summed E-state index contributed by atoms with van der Waals surface area (Å²) in [6.45, 7) is 8.46. The monoisotopic (exact) mass is 150 g/mol. The van der Waals surface area contributed by atoms with Crippen LogP contribution in [0.25, 0.3) is 0 Å². The summed E-state index contributed by atoms with van der Waals surface area (Å²) in [4.78, 5) is 0. The van der Waals surface area contributed by atoms with Crippen molar-refractivity contribution in [3.05, 3.63) is 24.8 Å². The first-order valence-electron chi connectivity index (χ1n) is 4.47. The van der Waals surface area contributed by atoms with Gasteiger partial charge >= 0.3 is 0 Å². The molecule has 0 amide bonds. The summed E-state index contributed by atoms with van der Waals surface area (Å²) in [7, 11) is 0. The highest BCUT2D eigenvalue weighted by Crippen LogP contribution is 2.43. The van der Waals surface area contributed by atoms with Gasteiger partial charge in [-0.15, -0.1) is 6.58 Å². The van der Waals surface area contributed by atoms with Gasteiger partial charge in [0.25, 0.3) is 0 Å². The lowest BCUT2D eigenvalue weighted by atomic mass is 9.73. The Morgan fingerprint density at radius 2 is 2.00 bits per heavy atom. The van der Waals surface area contributed by atoms with Gasteiger partial charge in [-0.25, -0.2) is 0 Å². The Labute approximate surface area is 70.0 Å². The summed E-state index contributed by atoms with van der Waals surface area (Å²) in [5, 5.41) is 0. The van der Waals surface area contributed by atoms with E-state index in [1.165, 1.54) is 12.8 Å². The van der Waals surface area contributed by atoms with E-state index in [9.17, 15) is 0 Å². The summed E-state index contributed by atoms with van der Waals surface area (Å²) in [6, 6.07) is 0. The van der Waals surface area contributed by atoms with Crippen molar-refractivity contribution >= 4 is 0 Å². The van der Waals surface area contributed by atoms with Crippen LogP contribution in [0.15, 0.2) is 24.8 Å². The minimum absolute atomic E-state index is 0.516. The fraction of sp³-hybridized carbons (Fsp3) is 0.636. The van der Waals surface area contributed by atoms with Gasteiger partial charge in [0.2, 0.25) is 0 Å².